The van der Waals surface area contributed by atoms with E-state index in [2.05, 4.69) is 27.7 Å². The normalized spacial score (nSPS) is 19.3. The van der Waals surface area contributed by atoms with Gasteiger partial charge in [-0.3, -0.25) is 9.80 Å². The van der Waals surface area contributed by atoms with Crippen LogP contribution in [-0.4, -0.2) is 110 Å². The molecule has 0 unspecified atom stereocenters. The molecule has 2 saturated heterocycles. The molecule has 2 amide bonds. The van der Waals surface area contributed by atoms with Gasteiger partial charge < -0.3 is 28.7 Å². The van der Waals surface area contributed by atoms with Gasteiger partial charge in [-0.15, -0.1) is 0 Å². The van der Waals surface area contributed by atoms with Crippen molar-refractivity contribution in [2.45, 2.75) is 78.1 Å². The molecule has 0 radical (unpaired) electrons. The number of amides is 2. The number of piperidine rings is 2. The molecule has 4 atom stereocenters. The average Bonchev–Trinajstić information content (AvgIpc) is 3.23. The first kappa shape index (κ1) is 47.7. The average molecular weight is 865 g/mol. The van der Waals surface area contributed by atoms with Crippen LogP contribution in [0.3, 0.4) is 0 Å². The van der Waals surface area contributed by atoms with E-state index in [1.54, 1.807) is 72.8 Å². The Morgan fingerprint density at radius 3 is 1.19 bits per heavy atom. The van der Waals surface area contributed by atoms with Crippen LogP contribution < -0.4 is 18.9 Å². The third kappa shape index (κ3) is 14.9. The Morgan fingerprint density at radius 1 is 0.565 bits per heavy atom. The molecular weight excluding hydrogens is 805 g/mol. The van der Waals surface area contributed by atoms with Crippen molar-refractivity contribution >= 4 is 12.2 Å². The number of likely N-dealkylation sites (tertiary alicyclic amines) is 2. The van der Waals surface area contributed by atoms with E-state index < -0.39 is 36.6 Å². The molecule has 0 aliphatic carbocycles. The number of benzene rings is 4. The van der Waals surface area contributed by atoms with E-state index in [1.807, 2.05) is 23.9 Å². The van der Waals surface area contributed by atoms with Crippen LogP contribution in [0.25, 0.3) is 0 Å². The predicted molar refractivity (Wildman–Crippen MR) is 231 cm³/mol. The number of carbonyl (C=O) groups excluding carboxylic acids is 2. The highest BCUT2D eigenvalue weighted by atomic mass is 19.1. The molecule has 14 heteroatoms. The number of hydrogen-bond donors (Lipinski definition) is 0. The van der Waals surface area contributed by atoms with E-state index in [9.17, 15) is 27.2 Å². The molecule has 0 spiro atoms. The summed E-state index contributed by atoms with van der Waals surface area (Å²) in [5.41, 5.74) is 1.42. The Hall–Kier alpha value is -5.34. The van der Waals surface area contributed by atoms with Crippen LogP contribution in [0.4, 0.5) is 27.2 Å². The number of nitrogens with zero attached hydrogens (tertiary/aromatic N) is 4. The van der Waals surface area contributed by atoms with Gasteiger partial charge in [0.1, 0.15) is 47.0 Å². The fourth-order valence-electron chi connectivity index (χ4n) is 7.05. The van der Waals surface area contributed by atoms with Crippen LogP contribution in [0.15, 0.2) is 97.1 Å². The minimum atomic E-state index is -1.20. The fourth-order valence-corrected chi connectivity index (χ4v) is 7.05. The zero-order valence-corrected chi connectivity index (χ0v) is 36.5. The van der Waals surface area contributed by atoms with Gasteiger partial charge in [0.15, 0.2) is 0 Å². The molecule has 2 fully saturated rings. The largest absolute Gasteiger partial charge is 0.493 e. The summed E-state index contributed by atoms with van der Waals surface area (Å²) in [4.78, 5) is 32.7. The van der Waals surface area contributed by atoms with Crippen molar-refractivity contribution in [2.24, 2.45) is 11.8 Å². The molecule has 6 rings (SSSR count). The van der Waals surface area contributed by atoms with E-state index in [-0.39, 0.29) is 37.8 Å². The summed E-state index contributed by atoms with van der Waals surface area (Å²) < 4.78 is 78.7. The molecule has 4 aromatic carbocycles. The van der Waals surface area contributed by atoms with E-state index >= 15 is 0 Å². The van der Waals surface area contributed by atoms with E-state index in [0.717, 1.165) is 0 Å². The third-order valence-corrected chi connectivity index (χ3v) is 10.4. The SMILES string of the molecule is CC(C)COc1ccc(OC(=O)N(Cc2ccc(F)cc2)[C@@H]2CCN(C)C[C@@H]2F)cc1.CC(C)COc1ccc(OC(=O)N(Cc2ccc(F)cc2)[C@H]2CCN(C)C[C@H]2F)cc1. The second-order valence-electron chi connectivity index (χ2n) is 16.9. The van der Waals surface area contributed by atoms with Crippen LogP contribution in [0, 0.1) is 23.5 Å². The van der Waals surface area contributed by atoms with Crippen molar-refractivity contribution in [1.82, 2.24) is 19.6 Å². The molecule has 0 bridgehead atoms. The van der Waals surface area contributed by atoms with Crippen molar-refractivity contribution in [1.29, 1.82) is 0 Å². The summed E-state index contributed by atoms with van der Waals surface area (Å²) in [7, 11) is 3.71. The van der Waals surface area contributed by atoms with Gasteiger partial charge in [0.25, 0.3) is 0 Å². The fraction of sp³-hybridized carbons (Fsp3) is 0.458. The lowest BCUT2D eigenvalue weighted by molar-refractivity contribution is 0.0430. The molecule has 2 aliphatic heterocycles. The maximum atomic E-state index is 14.8. The molecule has 62 heavy (non-hydrogen) atoms. The standard InChI is InChI=1S/2C24H30F2N2O3/c2*1-17(2)16-30-20-8-10-21(11-9-20)31-24(29)28(14-18-4-6-19(25)7-5-18)23-12-13-27(3)15-22(23)26/h2*4-11,17,22-23H,12-16H2,1-3H3/t2*22-,23+/m10/s1. The zero-order chi connectivity index (χ0) is 44.8. The van der Waals surface area contributed by atoms with Crippen LogP contribution in [0.1, 0.15) is 51.7 Å². The lowest BCUT2D eigenvalue weighted by atomic mass is 10.0. The van der Waals surface area contributed by atoms with Gasteiger partial charge in [-0.05, 0) is 123 Å². The van der Waals surface area contributed by atoms with Gasteiger partial charge in [-0.25, -0.2) is 27.2 Å². The van der Waals surface area contributed by atoms with E-state index in [1.165, 1.54) is 34.1 Å². The van der Waals surface area contributed by atoms with Gasteiger partial charge in [0, 0.05) is 39.3 Å². The Morgan fingerprint density at radius 2 is 0.887 bits per heavy atom. The minimum absolute atomic E-state index is 0.142. The first-order chi connectivity index (χ1) is 29.6. The van der Waals surface area contributed by atoms with Crippen molar-refractivity contribution in [2.75, 3.05) is 53.5 Å². The van der Waals surface area contributed by atoms with Crippen LogP contribution in [0.5, 0.6) is 23.0 Å². The smallest absolute Gasteiger partial charge is 0.415 e. The Bertz CT molecular complexity index is 1830. The maximum Gasteiger partial charge on any atom is 0.415 e. The summed E-state index contributed by atoms with van der Waals surface area (Å²) in [5, 5.41) is 0. The first-order valence-corrected chi connectivity index (χ1v) is 21.2. The summed E-state index contributed by atoms with van der Waals surface area (Å²) >= 11 is 0. The molecule has 10 nitrogen and oxygen atoms in total. The highest BCUT2D eigenvalue weighted by Gasteiger charge is 2.37. The van der Waals surface area contributed by atoms with E-state index in [4.69, 9.17) is 18.9 Å². The molecule has 2 aliphatic rings. The number of carbonyl (C=O) groups is 2. The topological polar surface area (TPSA) is 84.0 Å². The molecule has 0 aromatic heterocycles. The number of rotatable bonds is 14. The first-order valence-electron chi connectivity index (χ1n) is 21.2. The second kappa shape index (κ2) is 23.2. The van der Waals surface area contributed by atoms with Crippen molar-refractivity contribution in [3.05, 3.63) is 120 Å². The van der Waals surface area contributed by atoms with Crippen LogP contribution in [-0.2, 0) is 13.1 Å². The van der Waals surface area contributed by atoms with Crippen molar-refractivity contribution < 1.29 is 46.1 Å². The number of alkyl halides is 2. The third-order valence-electron chi connectivity index (χ3n) is 10.4. The Balaban J connectivity index is 0.000000234. The summed E-state index contributed by atoms with van der Waals surface area (Å²) in [6.45, 7) is 11.6. The van der Waals surface area contributed by atoms with Gasteiger partial charge in [-0.2, -0.15) is 0 Å². The van der Waals surface area contributed by atoms with Crippen LogP contribution in [0.2, 0.25) is 0 Å². The van der Waals surface area contributed by atoms with Crippen molar-refractivity contribution in [3.8, 4) is 23.0 Å². The summed E-state index contributed by atoms with van der Waals surface area (Å²) in [5.74, 6) is 2.18. The highest BCUT2D eigenvalue weighted by Crippen LogP contribution is 2.27. The van der Waals surface area contributed by atoms with Gasteiger partial charge >= 0.3 is 12.2 Å². The quantitative estimate of drug-likeness (QED) is 0.116. The molecular formula is C48H60F4N4O6. The van der Waals surface area contributed by atoms with E-state index in [0.29, 0.717) is 85.1 Å². The monoisotopic (exact) mass is 864 g/mol. The second-order valence-corrected chi connectivity index (χ2v) is 16.9. The van der Waals surface area contributed by atoms with Gasteiger partial charge in [0.2, 0.25) is 0 Å². The predicted octanol–water partition coefficient (Wildman–Crippen LogP) is 9.81. The Kier molecular flexibility index (Phi) is 17.9. The number of halogens is 4. The number of ether oxygens (including phenoxy) is 4. The lowest BCUT2D eigenvalue weighted by Crippen LogP contribution is -2.53. The zero-order valence-electron chi connectivity index (χ0n) is 36.5. The Labute approximate surface area is 363 Å². The van der Waals surface area contributed by atoms with Crippen LogP contribution >= 0.6 is 0 Å². The maximum absolute atomic E-state index is 14.8. The molecule has 4 aromatic rings. The lowest BCUT2D eigenvalue weighted by Gasteiger charge is -2.39. The molecule has 336 valence electrons. The summed E-state index contributed by atoms with van der Waals surface area (Å²) in [6.07, 6.45) is -2.65. The van der Waals surface area contributed by atoms with Gasteiger partial charge in [0.05, 0.1) is 25.3 Å². The highest BCUT2D eigenvalue weighted by molar-refractivity contribution is 5.72. The van der Waals surface area contributed by atoms with Gasteiger partial charge in [-0.1, -0.05) is 52.0 Å². The molecule has 0 N–H and O–H groups in total. The molecule has 2 heterocycles. The van der Waals surface area contributed by atoms with Crippen molar-refractivity contribution in [3.63, 3.8) is 0 Å². The number of hydrogen-bond acceptors (Lipinski definition) is 8. The minimum Gasteiger partial charge on any atom is -0.493 e. The summed E-state index contributed by atoms with van der Waals surface area (Å²) in [6, 6.07) is 24.1. The molecule has 0 saturated carbocycles.